The highest BCUT2D eigenvalue weighted by Gasteiger charge is 2.32. The molecule has 5 heteroatoms. The topological polar surface area (TPSA) is 20.3 Å². The van der Waals surface area contributed by atoms with E-state index in [1.165, 1.54) is 11.0 Å². The fourth-order valence-corrected chi connectivity index (χ4v) is 2.80. The molecule has 0 heterocycles. The summed E-state index contributed by atoms with van der Waals surface area (Å²) in [5.41, 5.74) is -0.426. The number of carbonyl (C=O) groups excluding carboxylic acids is 1. The summed E-state index contributed by atoms with van der Waals surface area (Å²) >= 11 is 0. The summed E-state index contributed by atoms with van der Waals surface area (Å²) < 4.78 is 38.2. The molecule has 0 atom stereocenters. The first kappa shape index (κ1) is 15.9. The van der Waals surface area contributed by atoms with Gasteiger partial charge < -0.3 is 4.90 Å². The van der Waals surface area contributed by atoms with Crippen molar-refractivity contribution >= 4 is 11.6 Å². The van der Waals surface area contributed by atoms with Crippen LogP contribution in [0.2, 0.25) is 0 Å². The molecule has 2 rings (SSSR count). The Hall–Kier alpha value is -1.52. The zero-order valence-corrected chi connectivity index (χ0v) is 12.3. The number of benzene rings is 1. The van der Waals surface area contributed by atoms with Gasteiger partial charge in [0.2, 0.25) is 5.91 Å². The zero-order chi connectivity index (χ0) is 15.6. The summed E-state index contributed by atoms with van der Waals surface area (Å²) in [5, 5.41) is 0. The standard InChI is InChI=1S/C16H20F3NO/c1-11-6-8-12(9-7-11)15(21)20(2)14-5-3-4-13(10-14)16(17,18)19/h3-5,10-12H,6-9H2,1-2H3. The van der Waals surface area contributed by atoms with E-state index < -0.39 is 11.7 Å². The molecular formula is C16H20F3NO. The highest BCUT2D eigenvalue weighted by Crippen LogP contribution is 2.33. The summed E-state index contributed by atoms with van der Waals surface area (Å²) in [7, 11) is 1.55. The van der Waals surface area contributed by atoms with Crippen LogP contribution in [0.4, 0.5) is 18.9 Å². The molecule has 0 bridgehead atoms. The number of hydrogen-bond donors (Lipinski definition) is 0. The van der Waals surface area contributed by atoms with Gasteiger partial charge in [0.25, 0.3) is 0 Å². The van der Waals surface area contributed by atoms with Gasteiger partial charge in [0.1, 0.15) is 0 Å². The quantitative estimate of drug-likeness (QED) is 0.787. The van der Waals surface area contributed by atoms with Crippen LogP contribution < -0.4 is 4.90 Å². The Kier molecular flexibility index (Phi) is 4.59. The Morgan fingerprint density at radius 3 is 2.38 bits per heavy atom. The maximum absolute atomic E-state index is 12.7. The second kappa shape index (κ2) is 6.08. The van der Waals surface area contributed by atoms with Crippen molar-refractivity contribution in [2.75, 3.05) is 11.9 Å². The lowest BCUT2D eigenvalue weighted by atomic mass is 9.82. The first-order valence-corrected chi connectivity index (χ1v) is 7.24. The van der Waals surface area contributed by atoms with E-state index in [2.05, 4.69) is 6.92 Å². The highest BCUT2D eigenvalue weighted by molar-refractivity contribution is 5.94. The molecule has 2 nitrogen and oxygen atoms in total. The molecule has 0 aliphatic heterocycles. The fourth-order valence-electron chi connectivity index (χ4n) is 2.80. The van der Waals surface area contributed by atoms with Crippen molar-refractivity contribution in [2.45, 2.75) is 38.8 Å². The third kappa shape index (κ3) is 3.77. The molecule has 1 aromatic carbocycles. The van der Waals surface area contributed by atoms with E-state index >= 15 is 0 Å². The van der Waals surface area contributed by atoms with Gasteiger partial charge in [0.15, 0.2) is 0 Å². The maximum atomic E-state index is 12.7. The van der Waals surface area contributed by atoms with Crippen molar-refractivity contribution in [3.63, 3.8) is 0 Å². The van der Waals surface area contributed by atoms with Gasteiger partial charge in [-0.05, 0) is 49.8 Å². The minimum atomic E-state index is -4.39. The van der Waals surface area contributed by atoms with Crippen LogP contribution in [0, 0.1) is 11.8 Å². The van der Waals surface area contributed by atoms with Gasteiger partial charge in [0, 0.05) is 18.7 Å². The van der Waals surface area contributed by atoms with E-state index in [9.17, 15) is 18.0 Å². The smallest absolute Gasteiger partial charge is 0.315 e. The number of amides is 1. The average Bonchev–Trinajstić information content (AvgIpc) is 2.46. The summed E-state index contributed by atoms with van der Waals surface area (Å²) in [6.07, 6.45) is -0.730. The molecule has 0 unspecified atom stereocenters. The number of anilines is 1. The van der Waals surface area contributed by atoms with Gasteiger partial charge in [0.05, 0.1) is 5.56 Å². The molecule has 1 aliphatic rings. The number of carbonyl (C=O) groups is 1. The predicted octanol–water partition coefficient (Wildman–Crippen LogP) is 4.49. The van der Waals surface area contributed by atoms with Gasteiger partial charge in [-0.1, -0.05) is 13.0 Å². The van der Waals surface area contributed by atoms with Crippen LogP contribution in [-0.2, 0) is 11.0 Å². The lowest BCUT2D eigenvalue weighted by Crippen LogP contribution is -2.34. The molecule has 1 fully saturated rings. The summed E-state index contributed by atoms with van der Waals surface area (Å²) in [4.78, 5) is 13.8. The molecular weight excluding hydrogens is 279 g/mol. The third-order valence-corrected chi connectivity index (χ3v) is 4.26. The summed E-state index contributed by atoms with van der Waals surface area (Å²) in [5.74, 6) is 0.481. The Bertz CT molecular complexity index is 504. The lowest BCUT2D eigenvalue weighted by molar-refractivity contribution is -0.137. The third-order valence-electron chi connectivity index (χ3n) is 4.26. The van der Waals surface area contributed by atoms with Crippen LogP contribution in [0.5, 0.6) is 0 Å². The number of halogens is 3. The van der Waals surface area contributed by atoms with Crippen LogP contribution in [-0.4, -0.2) is 13.0 Å². The van der Waals surface area contributed by atoms with E-state index in [4.69, 9.17) is 0 Å². The number of hydrogen-bond acceptors (Lipinski definition) is 1. The number of rotatable bonds is 2. The monoisotopic (exact) mass is 299 g/mol. The van der Waals surface area contributed by atoms with Crippen LogP contribution in [0.1, 0.15) is 38.2 Å². The predicted molar refractivity (Wildman–Crippen MR) is 76.0 cm³/mol. The molecule has 1 aliphatic carbocycles. The molecule has 0 radical (unpaired) electrons. The highest BCUT2D eigenvalue weighted by atomic mass is 19.4. The molecule has 21 heavy (non-hydrogen) atoms. The lowest BCUT2D eigenvalue weighted by Gasteiger charge is -2.29. The van der Waals surface area contributed by atoms with E-state index in [0.29, 0.717) is 11.6 Å². The molecule has 116 valence electrons. The van der Waals surface area contributed by atoms with Gasteiger partial charge in [-0.3, -0.25) is 4.79 Å². The van der Waals surface area contributed by atoms with Gasteiger partial charge in [-0.15, -0.1) is 0 Å². The Morgan fingerprint density at radius 1 is 1.19 bits per heavy atom. The second-order valence-corrected chi connectivity index (χ2v) is 5.90. The molecule has 0 spiro atoms. The molecule has 0 aromatic heterocycles. The normalized spacial score (nSPS) is 22.9. The van der Waals surface area contributed by atoms with Crippen LogP contribution in [0.3, 0.4) is 0 Å². The minimum absolute atomic E-state index is 0.0688. The van der Waals surface area contributed by atoms with E-state index in [1.54, 1.807) is 13.1 Å². The van der Waals surface area contributed by atoms with E-state index in [-0.39, 0.29) is 11.8 Å². The minimum Gasteiger partial charge on any atom is -0.315 e. The number of alkyl halides is 3. The van der Waals surface area contributed by atoms with Gasteiger partial charge in [-0.25, -0.2) is 0 Å². The summed E-state index contributed by atoms with van der Waals surface area (Å²) in [6.45, 7) is 2.16. The van der Waals surface area contributed by atoms with Gasteiger partial charge >= 0.3 is 6.18 Å². The fraction of sp³-hybridized carbons (Fsp3) is 0.562. The first-order chi connectivity index (χ1) is 9.79. The van der Waals surface area contributed by atoms with Crippen molar-refractivity contribution in [1.82, 2.24) is 0 Å². The molecule has 0 saturated heterocycles. The Morgan fingerprint density at radius 2 is 1.81 bits per heavy atom. The molecule has 1 amide bonds. The van der Waals surface area contributed by atoms with Crippen LogP contribution >= 0.6 is 0 Å². The van der Waals surface area contributed by atoms with Crippen molar-refractivity contribution in [3.05, 3.63) is 29.8 Å². The van der Waals surface area contributed by atoms with Gasteiger partial charge in [-0.2, -0.15) is 13.2 Å². The van der Waals surface area contributed by atoms with Crippen molar-refractivity contribution in [2.24, 2.45) is 11.8 Å². The zero-order valence-electron chi connectivity index (χ0n) is 12.3. The first-order valence-electron chi connectivity index (χ1n) is 7.24. The molecule has 1 saturated carbocycles. The Balaban J connectivity index is 2.12. The van der Waals surface area contributed by atoms with Crippen molar-refractivity contribution < 1.29 is 18.0 Å². The average molecular weight is 299 g/mol. The SMILES string of the molecule is CC1CCC(C(=O)N(C)c2cccc(C(F)(F)F)c2)CC1. The number of nitrogens with zero attached hydrogens (tertiary/aromatic N) is 1. The van der Waals surface area contributed by atoms with E-state index in [1.807, 2.05) is 0 Å². The van der Waals surface area contributed by atoms with Crippen molar-refractivity contribution in [1.29, 1.82) is 0 Å². The van der Waals surface area contributed by atoms with E-state index in [0.717, 1.165) is 37.8 Å². The van der Waals surface area contributed by atoms with Crippen LogP contribution in [0.15, 0.2) is 24.3 Å². The Labute approximate surface area is 122 Å². The van der Waals surface area contributed by atoms with Crippen LogP contribution in [0.25, 0.3) is 0 Å². The molecule has 1 aromatic rings. The second-order valence-electron chi connectivity index (χ2n) is 5.90. The largest absolute Gasteiger partial charge is 0.416 e. The van der Waals surface area contributed by atoms with Crippen molar-refractivity contribution in [3.8, 4) is 0 Å². The summed E-state index contributed by atoms with van der Waals surface area (Å²) in [6, 6.07) is 4.93. The maximum Gasteiger partial charge on any atom is 0.416 e. The molecule has 0 N–H and O–H groups in total.